The first-order chi connectivity index (χ1) is 3.27. The van der Waals surface area contributed by atoms with Crippen molar-refractivity contribution in [1.29, 1.82) is 0 Å². The van der Waals surface area contributed by atoms with Crippen molar-refractivity contribution in [2.24, 2.45) is 5.90 Å². The molecule has 1 unspecified atom stereocenters. The van der Waals surface area contributed by atoms with E-state index < -0.39 is 5.23 Å². The van der Waals surface area contributed by atoms with Crippen LogP contribution in [0.25, 0.3) is 0 Å². The Hall–Kier alpha value is -0.200. The molecular formula is C2H8N2O3. The molecule has 0 rings (SSSR count). The van der Waals surface area contributed by atoms with E-state index in [-0.39, 0.29) is 13.2 Å². The van der Waals surface area contributed by atoms with Gasteiger partial charge in [-0.2, -0.15) is 0 Å². The Morgan fingerprint density at radius 3 is 2.57 bits per heavy atom. The van der Waals surface area contributed by atoms with Gasteiger partial charge in [0.2, 0.25) is 0 Å². The van der Waals surface area contributed by atoms with Crippen LogP contribution in [-0.2, 0) is 4.84 Å². The van der Waals surface area contributed by atoms with Gasteiger partial charge in [0.05, 0.1) is 0 Å². The van der Waals surface area contributed by atoms with Crippen LogP contribution >= 0.6 is 0 Å². The van der Waals surface area contributed by atoms with Crippen LogP contribution in [0.1, 0.15) is 0 Å². The van der Waals surface area contributed by atoms with Crippen molar-refractivity contribution >= 4 is 0 Å². The third kappa shape index (κ3) is 5.80. The van der Waals surface area contributed by atoms with E-state index in [2.05, 4.69) is 10.7 Å². The maximum Gasteiger partial charge on any atom is 0.132 e. The summed E-state index contributed by atoms with van der Waals surface area (Å²) in [4.78, 5) is 3.97. The number of quaternary nitrogens is 1. The van der Waals surface area contributed by atoms with E-state index in [1.54, 1.807) is 0 Å². The second kappa shape index (κ2) is 3.97. The summed E-state index contributed by atoms with van der Waals surface area (Å²) in [7, 11) is 0. The maximum atomic E-state index is 9.62. The van der Waals surface area contributed by atoms with Crippen molar-refractivity contribution in [3.63, 3.8) is 0 Å². The van der Waals surface area contributed by atoms with Gasteiger partial charge in [0, 0.05) is 0 Å². The zero-order valence-corrected chi connectivity index (χ0v) is 3.76. The molecule has 0 aromatic rings. The van der Waals surface area contributed by atoms with Gasteiger partial charge in [-0.25, -0.2) is 16.3 Å². The summed E-state index contributed by atoms with van der Waals surface area (Å²) < 4.78 is 0. The van der Waals surface area contributed by atoms with Gasteiger partial charge in [-0.05, 0) is 0 Å². The first-order valence-corrected chi connectivity index (χ1v) is 1.81. The Morgan fingerprint density at radius 2 is 2.43 bits per heavy atom. The smallest absolute Gasteiger partial charge is 0.132 e. The summed E-state index contributed by atoms with van der Waals surface area (Å²) in [5, 5.41) is 16.6. The molecule has 5 heteroatoms. The van der Waals surface area contributed by atoms with Crippen LogP contribution in [0.3, 0.4) is 0 Å². The van der Waals surface area contributed by atoms with Gasteiger partial charge in [0.1, 0.15) is 13.2 Å². The summed E-state index contributed by atoms with van der Waals surface area (Å²) in [6.07, 6.45) is 0. The molecule has 7 heavy (non-hydrogen) atoms. The zero-order chi connectivity index (χ0) is 5.70. The van der Waals surface area contributed by atoms with Gasteiger partial charge in [-0.15, -0.1) is 0 Å². The molecular weight excluding hydrogens is 100 g/mol. The molecule has 0 aliphatic rings. The highest BCUT2D eigenvalue weighted by Crippen LogP contribution is 1.48. The molecule has 0 saturated carbocycles. The molecule has 0 heterocycles. The van der Waals surface area contributed by atoms with Crippen LogP contribution in [0.4, 0.5) is 0 Å². The lowest BCUT2D eigenvalue weighted by atomic mass is 10.7. The van der Waals surface area contributed by atoms with E-state index in [9.17, 15) is 5.21 Å². The largest absolute Gasteiger partial charge is 0.600 e. The van der Waals surface area contributed by atoms with Crippen molar-refractivity contribution < 1.29 is 15.3 Å². The van der Waals surface area contributed by atoms with Gasteiger partial charge in [0.25, 0.3) is 0 Å². The Kier molecular flexibility index (Phi) is 3.86. The molecule has 44 valence electrons. The van der Waals surface area contributed by atoms with E-state index in [4.69, 9.17) is 5.21 Å². The highest BCUT2D eigenvalue weighted by molar-refractivity contribution is 4.15. The standard InChI is InChI=1S/C2H8N2O3/c3-7-2-1-4(5)6/h4-5H,1-3H2. The molecule has 0 spiro atoms. The molecule has 0 saturated heterocycles. The number of rotatable bonds is 3. The molecule has 0 amide bonds. The fourth-order valence-corrected chi connectivity index (χ4v) is 0.146. The number of hydrogen-bond acceptors (Lipinski definition) is 4. The third-order valence-electron chi connectivity index (χ3n) is 0.434. The van der Waals surface area contributed by atoms with E-state index in [1.165, 1.54) is 0 Å². The van der Waals surface area contributed by atoms with Gasteiger partial charge < -0.3 is 5.21 Å². The minimum Gasteiger partial charge on any atom is -0.600 e. The van der Waals surface area contributed by atoms with Gasteiger partial charge >= 0.3 is 0 Å². The molecule has 0 aromatic carbocycles. The van der Waals surface area contributed by atoms with Crippen molar-refractivity contribution in [2.45, 2.75) is 0 Å². The molecule has 4 N–H and O–H groups in total. The first kappa shape index (κ1) is 6.80. The van der Waals surface area contributed by atoms with Crippen molar-refractivity contribution in [3.05, 3.63) is 5.21 Å². The second-order valence-electron chi connectivity index (χ2n) is 1.01. The zero-order valence-electron chi connectivity index (χ0n) is 3.76. The molecule has 0 aromatic heterocycles. The maximum absolute atomic E-state index is 9.62. The molecule has 1 atom stereocenters. The summed E-state index contributed by atoms with van der Waals surface area (Å²) >= 11 is 0. The van der Waals surface area contributed by atoms with Crippen LogP contribution in [-0.4, -0.2) is 18.4 Å². The number of hydrogen-bond donors (Lipinski definition) is 3. The topological polar surface area (TPSA) is 83.0 Å². The van der Waals surface area contributed by atoms with Gasteiger partial charge in [-0.1, -0.05) is 0 Å². The van der Waals surface area contributed by atoms with E-state index in [1.807, 2.05) is 0 Å². The summed E-state index contributed by atoms with van der Waals surface area (Å²) in [5.74, 6) is 4.51. The van der Waals surface area contributed by atoms with E-state index >= 15 is 0 Å². The van der Waals surface area contributed by atoms with Crippen LogP contribution in [0, 0.1) is 5.21 Å². The minimum absolute atomic E-state index is 0.0312. The predicted molar refractivity (Wildman–Crippen MR) is 21.1 cm³/mol. The SMILES string of the molecule is NOCC[NH+]([O-])O. The highest BCUT2D eigenvalue weighted by atomic mass is 16.8. The molecule has 0 fully saturated rings. The molecule has 0 radical (unpaired) electrons. The fraction of sp³-hybridized carbons (Fsp3) is 1.00. The average molecular weight is 108 g/mol. The number of hydroxylamine groups is 2. The lowest BCUT2D eigenvalue weighted by Gasteiger charge is -2.09. The Balaban J connectivity index is 2.68. The Labute approximate surface area is 40.8 Å². The van der Waals surface area contributed by atoms with Crippen molar-refractivity contribution in [3.8, 4) is 0 Å². The number of nitrogens with one attached hydrogen (secondary N) is 1. The average Bonchev–Trinajstić information content (AvgIpc) is 1.61. The number of nitrogens with two attached hydrogens (primary N) is 1. The van der Waals surface area contributed by atoms with E-state index in [0.717, 1.165) is 0 Å². The monoisotopic (exact) mass is 108 g/mol. The molecule has 0 aliphatic heterocycles. The van der Waals surface area contributed by atoms with E-state index in [0.29, 0.717) is 0 Å². The summed E-state index contributed by atoms with van der Waals surface area (Å²) in [5.41, 5.74) is 0. The van der Waals surface area contributed by atoms with Crippen molar-refractivity contribution in [2.75, 3.05) is 13.2 Å². The lowest BCUT2D eigenvalue weighted by Crippen LogP contribution is -3.05. The van der Waals surface area contributed by atoms with Crippen LogP contribution in [0.15, 0.2) is 0 Å². The molecule has 0 bridgehead atoms. The highest BCUT2D eigenvalue weighted by Gasteiger charge is 1.86. The predicted octanol–water partition coefficient (Wildman–Crippen LogP) is -2.35. The lowest BCUT2D eigenvalue weighted by molar-refractivity contribution is -1.05. The van der Waals surface area contributed by atoms with Crippen LogP contribution in [0.5, 0.6) is 0 Å². The van der Waals surface area contributed by atoms with Gasteiger partial charge in [0.15, 0.2) is 0 Å². The Bertz CT molecular complexity index is 39.9. The minimum atomic E-state index is -0.898. The fourth-order valence-electron chi connectivity index (χ4n) is 0.146. The van der Waals surface area contributed by atoms with Crippen LogP contribution < -0.4 is 11.1 Å². The Morgan fingerprint density at radius 1 is 1.86 bits per heavy atom. The second-order valence-corrected chi connectivity index (χ2v) is 1.01. The molecule has 0 aliphatic carbocycles. The van der Waals surface area contributed by atoms with Crippen LogP contribution in [0.2, 0.25) is 0 Å². The summed E-state index contributed by atoms with van der Waals surface area (Å²) in [6, 6.07) is 0. The van der Waals surface area contributed by atoms with Gasteiger partial charge in [-0.3, -0.25) is 4.84 Å². The first-order valence-electron chi connectivity index (χ1n) is 1.81. The summed E-state index contributed by atoms with van der Waals surface area (Å²) in [6.45, 7) is 0.0475. The third-order valence-corrected chi connectivity index (χ3v) is 0.434. The van der Waals surface area contributed by atoms with Crippen molar-refractivity contribution in [1.82, 2.24) is 0 Å². The normalized spacial score (nSPS) is 14.1. The quantitative estimate of drug-likeness (QED) is 0.353. The molecule has 5 nitrogen and oxygen atoms in total.